The molecule has 0 saturated carbocycles. The molecule has 0 spiro atoms. The van der Waals surface area contributed by atoms with Crippen LogP contribution in [0.25, 0.3) is 10.9 Å². The number of benzene rings is 1. The highest BCUT2D eigenvalue weighted by molar-refractivity contribution is 5.85. The Bertz CT molecular complexity index is 730. The summed E-state index contributed by atoms with van der Waals surface area (Å²) >= 11 is 0. The normalized spacial score (nSPS) is 19.2. The van der Waals surface area contributed by atoms with Crippen molar-refractivity contribution in [2.75, 3.05) is 13.2 Å². The van der Waals surface area contributed by atoms with Crippen LogP contribution in [0, 0.1) is 11.3 Å². The third kappa shape index (κ3) is 3.46. The third-order valence-corrected chi connectivity index (χ3v) is 4.75. The zero-order valence-electron chi connectivity index (χ0n) is 14.8. The number of amides is 1. The fourth-order valence-electron chi connectivity index (χ4n) is 3.65. The van der Waals surface area contributed by atoms with Crippen LogP contribution >= 0.6 is 0 Å². The Morgan fingerprint density at radius 3 is 2.88 bits per heavy atom. The molecule has 5 heteroatoms. The number of carbonyl (C=O) groups excluding carboxylic acids is 1. The van der Waals surface area contributed by atoms with Crippen molar-refractivity contribution >= 4 is 16.8 Å². The van der Waals surface area contributed by atoms with Crippen molar-refractivity contribution < 1.29 is 9.90 Å². The summed E-state index contributed by atoms with van der Waals surface area (Å²) in [6.07, 6.45) is 4.07. The zero-order valence-corrected chi connectivity index (χ0v) is 14.8. The third-order valence-electron chi connectivity index (χ3n) is 4.75. The molecule has 1 atom stereocenters. The van der Waals surface area contributed by atoms with Gasteiger partial charge >= 0.3 is 0 Å². The van der Waals surface area contributed by atoms with Crippen molar-refractivity contribution in [1.29, 1.82) is 0 Å². The molecule has 130 valence electrons. The van der Waals surface area contributed by atoms with E-state index in [2.05, 4.69) is 43.1 Å². The SMILES string of the molecule is CC(C)(C)CN1Cc2c(ccc3[nH]ncc23)CC[C@@H](CCO)C1=O. The van der Waals surface area contributed by atoms with Gasteiger partial charge in [-0.2, -0.15) is 5.10 Å². The fourth-order valence-corrected chi connectivity index (χ4v) is 3.65. The molecular weight excluding hydrogens is 302 g/mol. The summed E-state index contributed by atoms with van der Waals surface area (Å²) < 4.78 is 0. The number of aliphatic hydroxyl groups is 1. The molecule has 1 aromatic heterocycles. The van der Waals surface area contributed by atoms with Gasteiger partial charge in [0, 0.05) is 31.0 Å². The highest BCUT2D eigenvalue weighted by atomic mass is 16.3. The van der Waals surface area contributed by atoms with Crippen molar-refractivity contribution in [3.63, 3.8) is 0 Å². The summed E-state index contributed by atoms with van der Waals surface area (Å²) in [6.45, 7) is 7.84. The maximum absolute atomic E-state index is 13.0. The fraction of sp³-hybridized carbons (Fsp3) is 0.579. The predicted molar refractivity (Wildman–Crippen MR) is 94.5 cm³/mol. The molecule has 0 radical (unpaired) electrons. The van der Waals surface area contributed by atoms with E-state index in [1.807, 2.05) is 11.1 Å². The average molecular weight is 329 g/mol. The minimum absolute atomic E-state index is 0.0308. The summed E-state index contributed by atoms with van der Waals surface area (Å²) in [4.78, 5) is 15.0. The minimum Gasteiger partial charge on any atom is -0.396 e. The first-order valence-corrected chi connectivity index (χ1v) is 8.72. The monoisotopic (exact) mass is 329 g/mol. The first kappa shape index (κ1) is 17.0. The van der Waals surface area contributed by atoms with Crippen molar-refractivity contribution in [3.8, 4) is 0 Å². The molecule has 0 aliphatic carbocycles. The molecule has 0 bridgehead atoms. The van der Waals surface area contributed by atoms with Crippen LogP contribution in [0.5, 0.6) is 0 Å². The van der Waals surface area contributed by atoms with E-state index >= 15 is 0 Å². The molecule has 0 saturated heterocycles. The summed E-state index contributed by atoms with van der Waals surface area (Å²) in [5.74, 6) is 0.0793. The van der Waals surface area contributed by atoms with E-state index in [1.54, 1.807) is 0 Å². The molecule has 2 heterocycles. The zero-order chi connectivity index (χ0) is 17.3. The number of nitrogens with zero attached hydrogens (tertiary/aromatic N) is 2. The van der Waals surface area contributed by atoms with Gasteiger partial charge in [0.2, 0.25) is 5.91 Å². The number of nitrogens with one attached hydrogen (secondary N) is 1. The van der Waals surface area contributed by atoms with Crippen LogP contribution in [-0.2, 0) is 17.8 Å². The van der Waals surface area contributed by atoms with Crippen LogP contribution in [0.3, 0.4) is 0 Å². The molecule has 0 unspecified atom stereocenters. The lowest BCUT2D eigenvalue weighted by atomic mass is 9.88. The molecule has 5 nitrogen and oxygen atoms in total. The lowest BCUT2D eigenvalue weighted by Gasteiger charge is -2.35. The quantitative estimate of drug-likeness (QED) is 0.910. The molecule has 1 aromatic carbocycles. The molecule has 2 N–H and O–H groups in total. The molecule has 1 aliphatic heterocycles. The molecule has 0 fully saturated rings. The Morgan fingerprint density at radius 1 is 1.38 bits per heavy atom. The molecular formula is C19H27N3O2. The number of aromatic amines is 1. The number of aryl methyl sites for hydroxylation is 1. The van der Waals surface area contributed by atoms with Gasteiger partial charge in [0.05, 0.1) is 11.7 Å². The van der Waals surface area contributed by atoms with Crippen molar-refractivity contribution in [2.45, 2.75) is 46.6 Å². The smallest absolute Gasteiger partial charge is 0.226 e. The number of rotatable bonds is 3. The van der Waals surface area contributed by atoms with E-state index in [0.717, 1.165) is 23.7 Å². The second-order valence-electron chi connectivity index (χ2n) is 8.04. The molecule has 1 aliphatic rings. The largest absolute Gasteiger partial charge is 0.396 e. The number of hydrogen-bond donors (Lipinski definition) is 2. The number of fused-ring (bicyclic) bond motifs is 3. The van der Waals surface area contributed by atoms with Gasteiger partial charge in [-0.25, -0.2) is 0 Å². The predicted octanol–water partition coefficient (Wildman–Crippen LogP) is 2.88. The maximum Gasteiger partial charge on any atom is 0.226 e. The van der Waals surface area contributed by atoms with Crippen LogP contribution in [0.15, 0.2) is 18.3 Å². The summed E-state index contributed by atoms with van der Waals surface area (Å²) in [7, 11) is 0. The van der Waals surface area contributed by atoms with Gasteiger partial charge in [-0.05, 0) is 41.9 Å². The van der Waals surface area contributed by atoms with Gasteiger partial charge in [-0.15, -0.1) is 0 Å². The highest BCUT2D eigenvalue weighted by Crippen LogP contribution is 2.30. The molecule has 24 heavy (non-hydrogen) atoms. The summed E-state index contributed by atoms with van der Waals surface area (Å²) in [5, 5.41) is 17.6. The Morgan fingerprint density at radius 2 is 2.17 bits per heavy atom. The van der Waals surface area contributed by atoms with Crippen LogP contribution < -0.4 is 0 Å². The minimum atomic E-state index is -0.0921. The van der Waals surface area contributed by atoms with E-state index < -0.39 is 0 Å². The summed E-state index contributed by atoms with van der Waals surface area (Å²) in [5.41, 5.74) is 3.55. The Balaban J connectivity index is 2.02. The van der Waals surface area contributed by atoms with E-state index in [1.165, 1.54) is 11.1 Å². The van der Waals surface area contributed by atoms with Gasteiger partial charge in [-0.1, -0.05) is 26.8 Å². The van der Waals surface area contributed by atoms with Gasteiger partial charge in [0.1, 0.15) is 0 Å². The Labute approximate surface area is 143 Å². The van der Waals surface area contributed by atoms with E-state index in [0.29, 0.717) is 19.5 Å². The van der Waals surface area contributed by atoms with Crippen molar-refractivity contribution in [2.24, 2.45) is 11.3 Å². The lowest BCUT2D eigenvalue weighted by Crippen LogP contribution is -2.42. The lowest BCUT2D eigenvalue weighted by molar-refractivity contribution is -0.138. The second-order valence-corrected chi connectivity index (χ2v) is 8.04. The van der Waals surface area contributed by atoms with Gasteiger partial charge in [0.15, 0.2) is 0 Å². The van der Waals surface area contributed by atoms with E-state index in [-0.39, 0.29) is 23.8 Å². The van der Waals surface area contributed by atoms with Crippen molar-refractivity contribution in [1.82, 2.24) is 15.1 Å². The Hall–Kier alpha value is -1.88. The standard InChI is InChI=1S/C19H27N3O2/c1-19(2,3)12-22-11-16-13(4-5-14(8-9-23)18(22)24)6-7-17-15(16)10-20-21-17/h6-7,10,14,23H,4-5,8-9,11-12H2,1-3H3,(H,20,21)/t14-/m0/s1. The topological polar surface area (TPSA) is 69.2 Å². The van der Waals surface area contributed by atoms with Gasteiger partial charge in [-0.3, -0.25) is 9.89 Å². The summed E-state index contributed by atoms with van der Waals surface area (Å²) in [6, 6.07) is 4.22. The number of H-pyrrole nitrogens is 1. The van der Waals surface area contributed by atoms with Crippen molar-refractivity contribution in [3.05, 3.63) is 29.5 Å². The van der Waals surface area contributed by atoms with E-state index in [4.69, 9.17) is 0 Å². The Kier molecular flexibility index (Phi) is 4.63. The number of carbonyl (C=O) groups is 1. The first-order chi connectivity index (χ1) is 11.4. The number of aromatic nitrogens is 2. The molecule has 3 rings (SSSR count). The van der Waals surface area contributed by atoms with Gasteiger partial charge < -0.3 is 10.0 Å². The number of hydrogen-bond acceptors (Lipinski definition) is 3. The first-order valence-electron chi connectivity index (χ1n) is 8.72. The molecule has 1 amide bonds. The van der Waals surface area contributed by atoms with Crippen LogP contribution in [0.1, 0.15) is 44.7 Å². The van der Waals surface area contributed by atoms with Gasteiger partial charge in [0.25, 0.3) is 0 Å². The van der Waals surface area contributed by atoms with Crippen LogP contribution in [-0.4, -0.2) is 39.3 Å². The van der Waals surface area contributed by atoms with E-state index in [9.17, 15) is 9.90 Å². The number of aliphatic hydroxyl groups excluding tert-OH is 1. The van der Waals surface area contributed by atoms with Crippen LogP contribution in [0.4, 0.5) is 0 Å². The molecule has 2 aromatic rings. The maximum atomic E-state index is 13.0. The van der Waals surface area contributed by atoms with Crippen LogP contribution in [0.2, 0.25) is 0 Å². The highest BCUT2D eigenvalue weighted by Gasteiger charge is 2.30. The second kappa shape index (κ2) is 6.55. The average Bonchev–Trinajstić information content (AvgIpc) is 2.97.